The Morgan fingerprint density at radius 3 is 2.74 bits per heavy atom. The predicted molar refractivity (Wildman–Crippen MR) is 130 cm³/mol. The molecule has 4 heterocycles. The summed E-state index contributed by atoms with van der Waals surface area (Å²) in [5.74, 6) is 4.04. The van der Waals surface area contributed by atoms with Crippen molar-refractivity contribution in [3.63, 3.8) is 0 Å². The molecule has 0 radical (unpaired) electrons. The zero-order valence-electron chi connectivity index (χ0n) is 18.1. The van der Waals surface area contributed by atoms with Gasteiger partial charge >= 0.3 is 0 Å². The Morgan fingerprint density at radius 1 is 1.06 bits per heavy atom. The Labute approximate surface area is 206 Å². The van der Waals surface area contributed by atoms with Crippen LogP contribution in [0.1, 0.15) is 30.1 Å². The van der Waals surface area contributed by atoms with E-state index < -0.39 is 0 Å². The molecule has 2 N–H and O–H groups in total. The zero-order valence-corrected chi connectivity index (χ0v) is 19.6. The van der Waals surface area contributed by atoms with E-state index in [-0.39, 0.29) is 19.2 Å². The molecule has 2 aromatic heterocycles. The number of halogens is 2. The van der Waals surface area contributed by atoms with Crippen LogP contribution < -0.4 is 19.7 Å². The van der Waals surface area contributed by atoms with Crippen molar-refractivity contribution in [3.05, 3.63) is 52.8 Å². The standard InChI is InChI=1S/C22H21ClN8O2.ClH/c23-15-2-3-17-16(10-15)21(24-11-13-1-4-18-19(9-13)33-12-32-18)26-22(25-17)31-7-5-14(6-8-31)20-27-29-30-28-20;/h1-4,9-10,14H,5-8,11-12H2,(H,24,25,26)(H,27,28,29,30);1H. The summed E-state index contributed by atoms with van der Waals surface area (Å²) in [5, 5.41) is 19.5. The molecule has 0 bridgehead atoms. The minimum Gasteiger partial charge on any atom is -0.454 e. The van der Waals surface area contributed by atoms with Crippen LogP contribution in [0.2, 0.25) is 5.02 Å². The van der Waals surface area contributed by atoms with E-state index in [1.807, 2.05) is 36.4 Å². The lowest BCUT2D eigenvalue weighted by Crippen LogP contribution is -2.34. The van der Waals surface area contributed by atoms with Crippen LogP contribution in [0.3, 0.4) is 0 Å². The Bertz CT molecular complexity index is 1300. The van der Waals surface area contributed by atoms with Gasteiger partial charge in [-0.1, -0.05) is 22.9 Å². The Hall–Kier alpha value is -3.37. The number of aromatic amines is 1. The first kappa shape index (κ1) is 22.4. The van der Waals surface area contributed by atoms with Crippen molar-refractivity contribution in [1.82, 2.24) is 30.6 Å². The number of rotatable bonds is 5. The Morgan fingerprint density at radius 2 is 1.91 bits per heavy atom. The summed E-state index contributed by atoms with van der Waals surface area (Å²) in [7, 11) is 0. The summed E-state index contributed by atoms with van der Waals surface area (Å²) in [6, 6.07) is 11.6. The molecule has 0 spiro atoms. The fourth-order valence-electron chi connectivity index (χ4n) is 4.28. The minimum atomic E-state index is 0. The highest BCUT2D eigenvalue weighted by Crippen LogP contribution is 2.34. The van der Waals surface area contributed by atoms with Crippen LogP contribution in [0.4, 0.5) is 11.8 Å². The first-order valence-corrected chi connectivity index (χ1v) is 11.2. The van der Waals surface area contributed by atoms with Crippen LogP contribution in [0.5, 0.6) is 11.5 Å². The van der Waals surface area contributed by atoms with Gasteiger partial charge in [-0.05, 0) is 48.7 Å². The molecule has 2 aromatic carbocycles. The average molecular weight is 501 g/mol. The molecule has 0 aliphatic carbocycles. The van der Waals surface area contributed by atoms with E-state index in [0.29, 0.717) is 23.4 Å². The highest BCUT2D eigenvalue weighted by molar-refractivity contribution is 6.31. The first-order chi connectivity index (χ1) is 16.2. The van der Waals surface area contributed by atoms with Crippen molar-refractivity contribution in [2.45, 2.75) is 25.3 Å². The smallest absolute Gasteiger partial charge is 0.231 e. The number of nitrogens with one attached hydrogen (secondary N) is 2. The Kier molecular flexibility index (Phi) is 6.25. The normalized spacial score (nSPS) is 15.4. The Balaban J connectivity index is 0.00000241. The number of fused-ring (bicyclic) bond motifs is 2. The van der Waals surface area contributed by atoms with Crippen molar-refractivity contribution in [1.29, 1.82) is 0 Å². The molecule has 12 heteroatoms. The zero-order chi connectivity index (χ0) is 22.2. The maximum absolute atomic E-state index is 6.28. The van der Waals surface area contributed by atoms with Gasteiger partial charge in [-0.2, -0.15) is 10.2 Å². The maximum Gasteiger partial charge on any atom is 0.231 e. The highest BCUT2D eigenvalue weighted by atomic mass is 35.5. The third-order valence-electron chi connectivity index (χ3n) is 6.05. The number of ether oxygens (including phenoxy) is 2. The monoisotopic (exact) mass is 500 g/mol. The minimum absolute atomic E-state index is 0. The third-order valence-corrected chi connectivity index (χ3v) is 6.28. The number of piperidine rings is 1. The fraction of sp³-hybridized carbons (Fsp3) is 0.318. The van der Waals surface area contributed by atoms with E-state index in [2.05, 4.69) is 30.8 Å². The lowest BCUT2D eigenvalue weighted by molar-refractivity contribution is 0.174. The topological polar surface area (TPSA) is 114 Å². The molecular formula is C22H22Cl2N8O2. The number of H-pyrrole nitrogens is 1. The summed E-state index contributed by atoms with van der Waals surface area (Å²) < 4.78 is 10.9. The van der Waals surface area contributed by atoms with Crippen molar-refractivity contribution in [2.75, 3.05) is 30.1 Å². The molecule has 1 saturated heterocycles. The second-order valence-corrected chi connectivity index (χ2v) is 8.54. The molecule has 176 valence electrons. The van der Waals surface area contributed by atoms with Gasteiger partial charge in [-0.25, -0.2) is 4.98 Å². The van der Waals surface area contributed by atoms with E-state index >= 15 is 0 Å². The number of anilines is 2. The van der Waals surface area contributed by atoms with Crippen molar-refractivity contribution >= 4 is 46.7 Å². The van der Waals surface area contributed by atoms with Gasteiger partial charge in [0.2, 0.25) is 12.7 Å². The molecular weight excluding hydrogens is 479 g/mol. The molecule has 0 atom stereocenters. The van der Waals surface area contributed by atoms with Gasteiger partial charge < -0.3 is 19.7 Å². The molecule has 2 aliphatic heterocycles. The molecule has 2 aliphatic rings. The van der Waals surface area contributed by atoms with Crippen LogP contribution in [-0.2, 0) is 6.54 Å². The summed E-state index contributed by atoms with van der Waals surface area (Å²) in [6.07, 6.45) is 1.84. The van der Waals surface area contributed by atoms with Gasteiger partial charge in [0.1, 0.15) is 5.82 Å². The van der Waals surface area contributed by atoms with Gasteiger partial charge in [0, 0.05) is 36.0 Å². The molecule has 10 nitrogen and oxygen atoms in total. The maximum atomic E-state index is 6.28. The number of nitrogens with zero attached hydrogens (tertiary/aromatic N) is 6. The lowest BCUT2D eigenvalue weighted by atomic mass is 9.96. The number of tetrazole rings is 1. The van der Waals surface area contributed by atoms with Crippen molar-refractivity contribution in [2.24, 2.45) is 0 Å². The quantitative estimate of drug-likeness (QED) is 0.420. The second kappa shape index (κ2) is 9.47. The lowest BCUT2D eigenvalue weighted by Gasteiger charge is -2.31. The van der Waals surface area contributed by atoms with Crippen molar-refractivity contribution in [3.8, 4) is 11.5 Å². The predicted octanol–water partition coefficient (Wildman–Crippen LogP) is 3.94. The van der Waals surface area contributed by atoms with Gasteiger partial charge in [0.05, 0.1) is 5.52 Å². The summed E-state index contributed by atoms with van der Waals surface area (Å²) in [5.41, 5.74) is 1.91. The van der Waals surface area contributed by atoms with E-state index in [1.165, 1.54) is 0 Å². The molecule has 6 rings (SSSR count). The van der Waals surface area contributed by atoms with Gasteiger partial charge in [-0.3, -0.25) is 0 Å². The first-order valence-electron chi connectivity index (χ1n) is 10.8. The molecule has 0 amide bonds. The summed E-state index contributed by atoms with van der Waals surface area (Å²) in [4.78, 5) is 11.9. The van der Waals surface area contributed by atoms with Gasteiger partial charge in [-0.15, -0.1) is 22.6 Å². The SMILES string of the molecule is Cl.Clc1ccc2nc(N3CCC(c4nn[nH]n4)CC3)nc(NCc3ccc4c(c3)OCO4)c2c1. The number of hydrogen-bond donors (Lipinski definition) is 2. The summed E-state index contributed by atoms with van der Waals surface area (Å²) >= 11 is 6.28. The molecule has 0 saturated carbocycles. The van der Waals surface area contributed by atoms with Crippen LogP contribution in [0.25, 0.3) is 10.9 Å². The van der Waals surface area contributed by atoms with Gasteiger partial charge in [0.25, 0.3) is 0 Å². The highest BCUT2D eigenvalue weighted by Gasteiger charge is 2.25. The van der Waals surface area contributed by atoms with Gasteiger partial charge in [0.15, 0.2) is 17.3 Å². The van der Waals surface area contributed by atoms with E-state index in [4.69, 9.17) is 31.0 Å². The molecule has 4 aromatic rings. The largest absolute Gasteiger partial charge is 0.454 e. The molecule has 34 heavy (non-hydrogen) atoms. The van der Waals surface area contributed by atoms with E-state index in [1.54, 1.807) is 0 Å². The van der Waals surface area contributed by atoms with Crippen LogP contribution in [0.15, 0.2) is 36.4 Å². The van der Waals surface area contributed by atoms with Crippen LogP contribution in [0, 0.1) is 0 Å². The summed E-state index contributed by atoms with van der Waals surface area (Å²) in [6.45, 7) is 2.47. The average Bonchev–Trinajstić information content (AvgIpc) is 3.54. The molecule has 1 fully saturated rings. The second-order valence-electron chi connectivity index (χ2n) is 8.11. The number of benzene rings is 2. The van der Waals surface area contributed by atoms with Crippen molar-refractivity contribution < 1.29 is 9.47 Å². The van der Waals surface area contributed by atoms with E-state index in [0.717, 1.165) is 65.5 Å². The van der Waals surface area contributed by atoms with Crippen LogP contribution >= 0.6 is 24.0 Å². The van der Waals surface area contributed by atoms with Crippen LogP contribution in [-0.4, -0.2) is 50.5 Å². The van der Waals surface area contributed by atoms with E-state index in [9.17, 15) is 0 Å². The molecule has 0 unspecified atom stereocenters. The number of hydrogen-bond acceptors (Lipinski definition) is 9. The number of aromatic nitrogens is 6. The third kappa shape index (κ3) is 4.38. The fourth-order valence-corrected chi connectivity index (χ4v) is 4.45.